The Labute approximate surface area is 151 Å². The normalized spacial score (nSPS) is 12.1. The molecule has 0 amide bonds. The number of sulfonamides is 1. The Morgan fingerprint density at radius 1 is 1.20 bits per heavy atom. The Kier molecular flexibility index (Phi) is 6.07. The summed E-state index contributed by atoms with van der Waals surface area (Å²) in [5.74, 6) is 0.386. The van der Waals surface area contributed by atoms with Crippen molar-refractivity contribution in [3.05, 3.63) is 34.5 Å². The molecule has 1 aromatic carbocycles. The fourth-order valence-electron chi connectivity index (χ4n) is 2.52. The van der Waals surface area contributed by atoms with Crippen molar-refractivity contribution in [1.82, 2.24) is 14.1 Å². The van der Waals surface area contributed by atoms with Crippen molar-refractivity contribution in [1.29, 1.82) is 0 Å². The van der Waals surface area contributed by atoms with Crippen LogP contribution >= 0.6 is 11.6 Å². The summed E-state index contributed by atoms with van der Waals surface area (Å²) in [4.78, 5) is 0.00518. The maximum absolute atomic E-state index is 12.8. The Morgan fingerprint density at radius 3 is 2.28 bits per heavy atom. The van der Waals surface area contributed by atoms with Crippen LogP contribution in [0.3, 0.4) is 0 Å². The minimum absolute atomic E-state index is 0.00518. The van der Waals surface area contributed by atoms with E-state index in [-0.39, 0.29) is 36.2 Å². The number of hydrogen-bond donors (Lipinski definition) is 3. The molecule has 0 atom stereocenters. The van der Waals surface area contributed by atoms with Gasteiger partial charge in [-0.2, -0.15) is 9.40 Å². The van der Waals surface area contributed by atoms with Gasteiger partial charge in [0.2, 0.25) is 10.0 Å². The van der Waals surface area contributed by atoms with E-state index in [1.807, 2.05) is 0 Å². The van der Waals surface area contributed by atoms with Crippen molar-refractivity contribution < 1.29 is 18.6 Å². The highest BCUT2D eigenvalue weighted by molar-refractivity contribution is 7.89. The van der Waals surface area contributed by atoms with E-state index in [1.165, 1.54) is 10.7 Å². The number of rotatable bonds is 7. The van der Waals surface area contributed by atoms with Gasteiger partial charge in [-0.1, -0.05) is 11.6 Å². The number of benzene rings is 1. The van der Waals surface area contributed by atoms with Crippen molar-refractivity contribution in [2.45, 2.75) is 18.7 Å². The van der Waals surface area contributed by atoms with Crippen LogP contribution in [0.25, 0.3) is 5.69 Å². The molecule has 2 aromatic rings. The molecule has 8 nitrogen and oxygen atoms in total. The predicted octanol–water partition coefficient (Wildman–Crippen LogP) is 0.700. The SMILES string of the molecule is Cc1cc(N)n(-c2cc(C)c(S(=O)(=O)N(CCO)CCO)cc2Cl)n1. The van der Waals surface area contributed by atoms with Gasteiger partial charge in [0, 0.05) is 19.2 Å². The summed E-state index contributed by atoms with van der Waals surface area (Å²) in [6.45, 7) is 2.48. The molecule has 0 saturated heterocycles. The van der Waals surface area contributed by atoms with Gasteiger partial charge < -0.3 is 15.9 Å². The highest BCUT2D eigenvalue weighted by atomic mass is 35.5. The fourth-order valence-corrected chi connectivity index (χ4v) is 4.48. The van der Waals surface area contributed by atoms with E-state index < -0.39 is 10.0 Å². The molecule has 0 aliphatic rings. The third-order valence-electron chi connectivity index (χ3n) is 3.65. The maximum Gasteiger partial charge on any atom is 0.243 e. The topological polar surface area (TPSA) is 122 Å². The van der Waals surface area contributed by atoms with E-state index >= 15 is 0 Å². The predicted molar refractivity (Wildman–Crippen MR) is 95.4 cm³/mol. The van der Waals surface area contributed by atoms with Crippen molar-refractivity contribution in [3.63, 3.8) is 0 Å². The van der Waals surface area contributed by atoms with Gasteiger partial charge in [0.25, 0.3) is 0 Å². The van der Waals surface area contributed by atoms with Crippen LogP contribution in [0.15, 0.2) is 23.1 Å². The largest absolute Gasteiger partial charge is 0.395 e. The van der Waals surface area contributed by atoms with Crippen LogP contribution in [0.4, 0.5) is 5.82 Å². The van der Waals surface area contributed by atoms with Gasteiger partial charge in [-0.05, 0) is 31.5 Å². The number of halogens is 1. The van der Waals surface area contributed by atoms with Crippen LogP contribution in [0, 0.1) is 13.8 Å². The van der Waals surface area contributed by atoms with Gasteiger partial charge in [0.1, 0.15) is 5.82 Å². The van der Waals surface area contributed by atoms with E-state index in [4.69, 9.17) is 27.5 Å². The summed E-state index contributed by atoms with van der Waals surface area (Å²) in [5.41, 5.74) is 7.54. The maximum atomic E-state index is 12.8. The zero-order valence-corrected chi connectivity index (χ0v) is 15.5. The number of nitrogen functional groups attached to an aromatic ring is 1. The third kappa shape index (κ3) is 3.96. The van der Waals surface area contributed by atoms with Crippen molar-refractivity contribution in [2.24, 2.45) is 0 Å². The first-order chi connectivity index (χ1) is 11.7. The highest BCUT2D eigenvalue weighted by Crippen LogP contribution is 2.30. The van der Waals surface area contributed by atoms with Crippen LogP contribution in [0.5, 0.6) is 0 Å². The smallest absolute Gasteiger partial charge is 0.243 e. The molecule has 0 saturated carbocycles. The van der Waals surface area contributed by atoms with E-state index in [0.29, 0.717) is 22.8 Å². The zero-order chi connectivity index (χ0) is 18.8. The number of aryl methyl sites for hydroxylation is 2. The number of aromatic nitrogens is 2. The van der Waals surface area contributed by atoms with E-state index in [0.717, 1.165) is 4.31 Å². The van der Waals surface area contributed by atoms with Crippen LogP contribution in [-0.2, 0) is 10.0 Å². The van der Waals surface area contributed by atoms with Crippen LogP contribution in [0.2, 0.25) is 5.02 Å². The van der Waals surface area contributed by atoms with Gasteiger partial charge in [0.15, 0.2) is 0 Å². The Balaban J connectivity index is 2.54. The minimum atomic E-state index is -3.91. The molecule has 10 heteroatoms. The standard InChI is InChI=1S/C15H21ClN4O4S/c1-10-7-13(20-15(17)8-11(2)18-20)12(16)9-14(10)25(23,24)19(3-5-21)4-6-22/h7-9,21-22H,3-6,17H2,1-2H3. The first-order valence-electron chi connectivity index (χ1n) is 7.57. The summed E-state index contributed by atoms with van der Waals surface area (Å²) < 4.78 is 28.1. The lowest BCUT2D eigenvalue weighted by Crippen LogP contribution is -2.36. The van der Waals surface area contributed by atoms with Crippen LogP contribution in [-0.4, -0.2) is 59.0 Å². The van der Waals surface area contributed by atoms with Crippen molar-refractivity contribution in [2.75, 3.05) is 32.0 Å². The molecule has 0 radical (unpaired) electrons. The molecule has 0 aliphatic carbocycles. The van der Waals surface area contributed by atoms with Gasteiger partial charge in [-0.15, -0.1) is 0 Å². The minimum Gasteiger partial charge on any atom is -0.395 e. The van der Waals surface area contributed by atoms with E-state index in [2.05, 4.69) is 5.10 Å². The third-order valence-corrected chi connectivity index (χ3v) is 5.99. The average Bonchev–Trinajstić information content (AvgIpc) is 2.87. The second kappa shape index (κ2) is 7.71. The molecule has 2 rings (SSSR count). The number of aliphatic hydroxyl groups excluding tert-OH is 2. The number of hydrogen-bond acceptors (Lipinski definition) is 6. The molecule has 25 heavy (non-hydrogen) atoms. The molecule has 1 heterocycles. The summed E-state index contributed by atoms with van der Waals surface area (Å²) in [6, 6.07) is 4.61. The highest BCUT2D eigenvalue weighted by Gasteiger charge is 2.27. The number of nitrogens with zero attached hydrogens (tertiary/aromatic N) is 3. The molecule has 138 valence electrons. The van der Waals surface area contributed by atoms with E-state index in [1.54, 1.807) is 26.0 Å². The molecule has 0 aliphatic heterocycles. The molecule has 0 unspecified atom stereocenters. The van der Waals surface area contributed by atoms with Gasteiger partial charge in [0.05, 0.1) is 34.5 Å². The molecule has 0 spiro atoms. The quantitative estimate of drug-likeness (QED) is 0.641. The summed E-state index contributed by atoms with van der Waals surface area (Å²) in [7, 11) is -3.91. The molecule has 0 bridgehead atoms. The molecule has 1 aromatic heterocycles. The number of nitrogens with two attached hydrogens (primary N) is 1. The first-order valence-corrected chi connectivity index (χ1v) is 9.38. The lowest BCUT2D eigenvalue weighted by atomic mass is 10.2. The monoisotopic (exact) mass is 388 g/mol. The summed E-state index contributed by atoms with van der Waals surface area (Å²) in [5, 5.41) is 22.6. The number of anilines is 1. The van der Waals surface area contributed by atoms with E-state index in [9.17, 15) is 8.42 Å². The fraction of sp³-hybridized carbons (Fsp3) is 0.400. The summed E-state index contributed by atoms with van der Waals surface area (Å²) in [6.07, 6.45) is 0. The Hall–Kier alpha value is -1.65. The van der Waals surface area contributed by atoms with Crippen LogP contribution in [0.1, 0.15) is 11.3 Å². The molecule has 4 N–H and O–H groups in total. The van der Waals surface area contributed by atoms with Gasteiger partial charge >= 0.3 is 0 Å². The molecular weight excluding hydrogens is 368 g/mol. The zero-order valence-electron chi connectivity index (χ0n) is 14.0. The Bertz CT molecular complexity index is 861. The molecule has 0 fully saturated rings. The van der Waals surface area contributed by atoms with Crippen molar-refractivity contribution >= 4 is 27.4 Å². The van der Waals surface area contributed by atoms with Crippen LogP contribution < -0.4 is 5.73 Å². The van der Waals surface area contributed by atoms with Crippen molar-refractivity contribution in [3.8, 4) is 5.69 Å². The molecular formula is C15H21ClN4O4S. The lowest BCUT2D eigenvalue weighted by molar-refractivity contribution is 0.217. The summed E-state index contributed by atoms with van der Waals surface area (Å²) >= 11 is 6.28. The lowest BCUT2D eigenvalue weighted by Gasteiger charge is -2.22. The van der Waals surface area contributed by atoms with Gasteiger partial charge in [-0.3, -0.25) is 0 Å². The first kappa shape index (κ1) is 19.7. The average molecular weight is 389 g/mol. The second-order valence-electron chi connectivity index (χ2n) is 5.54. The van der Waals surface area contributed by atoms with Gasteiger partial charge in [-0.25, -0.2) is 13.1 Å². The Morgan fingerprint density at radius 2 is 1.80 bits per heavy atom. The number of aliphatic hydroxyl groups is 2. The second-order valence-corrected chi connectivity index (χ2v) is 7.86.